The van der Waals surface area contributed by atoms with E-state index in [4.69, 9.17) is 5.11 Å². The highest BCUT2D eigenvalue weighted by molar-refractivity contribution is 7.99. The van der Waals surface area contributed by atoms with Crippen LogP contribution in [0.2, 0.25) is 0 Å². The lowest BCUT2D eigenvalue weighted by atomic mass is 10.0. The number of pyridine rings is 1. The zero-order chi connectivity index (χ0) is 23.7. The van der Waals surface area contributed by atoms with Crippen LogP contribution in [0.3, 0.4) is 0 Å². The Morgan fingerprint density at radius 1 is 0.941 bits per heavy atom. The van der Waals surface area contributed by atoms with E-state index in [1.54, 1.807) is 36.4 Å². The lowest BCUT2D eigenvalue weighted by Gasteiger charge is -2.09. The van der Waals surface area contributed by atoms with Crippen molar-refractivity contribution in [2.75, 3.05) is 5.75 Å². The van der Waals surface area contributed by atoms with E-state index < -0.39 is 5.97 Å². The van der Waals surface area contributed by atoms with Crippen molar-refractivity contribution in [2.45, 2.75) is 24.3 Å². The number of aromatic amines is 1. The molecule has 3 N–H and O–H groups in total. The van der Waals surface area contributed by atoms with Crippen LogP contribution in [0.25, 0.3) is 10.9 Å². The zero-order valence-electron chi connectivity index (χ0n) is 18.3. The Morgan fingerprint density at radius 3 is 2.50 bits per heavy atom. The first-order chi connectivity index (χ1) is 16.5. The summed E-state index contributed by atoms with van der Waals surface area (Å²) in [6.45, 7) is 0.456. The lowest BCUT2D eigenvalue weighted by molar-refractivity contribution is 0.0696. The molecule has 6 nitrogen and oxygen atoms in total. The number of hydrogen-bond acceptors (Lipinski definition) is 4. The molecule has 3 aromatic carbocycles. The molecular formula is C27H22N2O4S. The van der Waals surface area contributed by atoms with Crippen molar-refractivity contribution in [1.82, 2.24) is 10.3 Å². The van der Waals surface area contributed by atoms with E-state index in [0.717, 1.165) is 28.7 Å². The zero-order valence-corrected chi connectivity index (χ0v) is 19.1. The molecule has 0 unspecified atom stereocenters. The summed E-state index contributed by atoms with van der Waals surface area (Å²) in [5.74, 6) is -0.0511. The van der Waals surface area contributed by atoms with Crippen LogP contribution in [0.5, 0.6) is 0 Å². The summed E-state index contributed by atoms with van der Waals surface area (Å²) in [7, 11) is 0. The van der Waals surface area contributed by atoms with Crippen molar-refractivity contribution in [3.05, 3.63) is 110 Å². The van der Waals surface area contributed by atoms with E-state index in [2.05, 4.69) is 28.5 Å². The number of carbonyl (C=O) groups excluding carboxylic acids is 1. The lowest BCUT2D eigenvalue weighted by Crippen LogP contribution is -2.23. The number of carbonyl (C=O) groups is 2. The third-order valence-electron chi connectivity index (χ3n) is 5.99. The molecule has 1 amide bonds. The number of carboxylic acids is 1. The van der Waals surface area contributed by atoms with Gasteiger partial charge in [0.05, 0.1) is 5.56 Å². The largest absolute Gasteiger partial charge is 0.478 e. The second-order valence-electron chi connectivity index (χ2n) is 8.33. The number of amides is 1. The maximum atomic E-state index is 12.8. The summed E-state index contributed by atoms with van der Waals surface area (Å²) in [6, 6.07) is 19.8. The topological polar surface area (TPSA) is 99.3 Å². The number of carboxylic acid groups (broad SMARTS) is 1. The minimum absolute atomic E-state index is 0.172. The monoisotopic (exact) mass is 470 g/mol. The molecule has 4 aromatic rings. The van der Waals surface area contributed by atoms with Crippen molar-refractivity contribution in [3.8, 4) is 0 Å². The van der Waals surface area contributed by atoms with Crippen LogP contribution in [0.1, 0.15) is 43.0 Å². The van der Waals surface area contributed by atoms with Gasteiger partial charge in [-0.2, -0.15) is 0 Å². The van der Waals surface area contributed by atoms with Crippen LogP contribution < -0.4 is 10.9 Å². The standard InChI is InChI=1S/C27H22N2O4S/c30-25(28-15-17-3-8-24-19(12-17)9-10-34-24)20-6-7-23-21(13-20)14-22(26(31)29-23)11-16-1-4-18(5-2-16)27(32)33/h1-8,12-14H,9-11,15H2,(H,28,30)(H,29,31)(H,32,33). The molecule has 0 radical (unpaired) electrons. The highest BCUT2D eigenvalue weighted by Crippen LogP contribution is 2.31. The minimum Gasteiger partial charge on any atom is -0.478 e. The first-order valence-corrected chi connectivity index (χ1v) is 12.0. The molecule has 5 rings (SSSR count). The van der Waals surface area contributed by atoms with E-state index >= 15 is 0 Å². The van der Waals surface area contributed by atoms with Crippen molar-refractivity contribution in [1.29, 1.82) is 0 Å². The van der Waals surface area contributed by atoms with E-state index in [0.29, 0.717) is 29.6 Å². The number of aryl methyl sites for hydroxylation is 1. The van der Waals surface area contributed by atoms with Gasteiger partial charge in [-0.15, -0.1) is 11.8 Å². The molecule has 0 saturated heterocycles. The summed E-state index contributed by atoms with van der Waals surface area (Å²) in [5, 5.41) is 12.8. The van der Waals surface area contributed by atoms with Gasteiger partial charge >= 0.3 is 5.97 Å². The molecule has 0 atom stereocenters. The fourth-order valence-electron chi connectivity index (χ4n) is 4.14. The summed E-state index contributed by atoms with van der Waals surface area (Å²) < 4.78 is 0. The second kappa shape index (κ2) is 9.19. The molecule has 1 aliphatic rings. The molecular weight excluding hydrogens is 448 g/mol. The fraction of sp³-hybridized carbons (Fsp3) is 0.148. The molecule has 0 fully saturated rings. The Balaban J connectivity index is 1.33. The minimum atomic E-state index is -0.990. The third-order valence-corrected chi connectivity index (χ3v) is 7.10. The first kappa shape index (κ1) is 22.0. The molecule has 0 aliphatic carbocycles. The van der Waals surface area contributed by atoms with E-state index in [1.807, 2.05) is 11.8 Å². The molecule has 0 spiro atoms. The van der Waals surface area contributed by atoms with Crippen molar-refractivity contribution < 1.29 is 14.7 Å². The maximum absolute atomic E-state index is 12.8. The molecule has 2 heterocycles. The molecule has 170 valence electrons. The molecule has 1 aromatic heterocycles. The molecule has 1 aliphatic heterocycles. The second-order valence-corrected chi connectivity index (χ2v) is 9.46. The summed E-state index contributed by atoms with van der Waals surface area (Å²) in [4.78, 5) is 40.6. The van der Waals surface area contributed by atoms with Gasteiger partial charge in [-0.3, -0.25) is 9.59 Å². The Morgan fingerprint density at radius 2 is 1.71 bits per heavy atom. The van der Waals surface area contributed by atoms with Crippen molar-refractivity contribution in [2.24, 2.45) is 0 Å². The van der Waals surface area contributed by atoms with Gasteiger partial charge in [-0.1, -0.05) is 24.3 Å². The van der Waals surface area contributed by atoms with Crippen LogP contribution in [-0.4, -0.2) is 27.7 Å². The average Bonchev–Trinajstić information content (AvgIpc) is 3.31. The SMILES string of the molecule is O=C(O)c1ccc(Cc2cc3cc(C(=O)NCc4ccc5c(c4)CCS5)ccc3[nH]c2=O)cc1. The summed E-state index contributed by atoms with van der Waals surface area (Å²) >= 11 is 1.87. The van der Waals surface area contributed by atoms with Gasteiger partial charge in [0.1, 0.15) is 0 Å². The van der Waals surface area contributed by atoms with Crippen LogP contribution in [0.4, 0.5) is 0 Å². The number of fused-ring (bicyclic) bond motifs is 2. The highest BCUT2D eigenvalue weighted by Gasteiger charge is 2.13. The maximum Gasteiger partial charge on any atom is 0.335 e. The Labute approximate surface area is 200 Å². The van der Waals surface area contributed by atoms with Gasteiger partial charge in [-0.25, -0.2) is 4.79 Å². The van der Waals surface area contributed by atoms with Gasteiger partial charge in [0.2, 0.25) is 0 Å². The number of rotatable bonds is 6. The number of benzene rings is 3. The average molecular weight is 471 g/mol. The molecule has 7 heteroatoms. The number of hydrogen-bond donors (Lipinski definition) is 3. The summed E-state index contributed by atoms with van der Waals surface area (Å²) in [5.41, 5.74) is 4.97. The quantitative estimate of drug-likeness (QED) is 0.388. The van der Waals surface area contributed by atoms with Crippen LogP contribution >= 0.6 is 11.8 Å². The van der Waals surface area contributed by atoms with Crippen LogP contribution in [0, 0.1) is 0 Å². The number of nitrogens with one attached hydrogen (secondary N) is 2. The van der Waals surface area contributed by atoms with Gasteiger partial charge in [0.15, 0.2) is 0 Å². The fourth-order valence-corrected chi connectivity index (χ4v) is 5.20. The van der Waals surface area contributed by atoms with E-state index in [-0.39, 0.29) is 17.0 Å². The van der Waals surface area contributed by atoms with Crippen molar-refractivity contribution in [3.63, 3.8) is 0 Å². The van der Waals surface area contributed by atoms with Gasteiger partial charge in [0, 0.05) is 40.3 Å². The number of aromatic nitrogens is 1. The summed E-state index contributed by atoms with van der Waals surface area (Å²) in [6.07, 6.45) is 1.43. The number of aromatic carboxylic acids is 1. The van der Waals surface area contributed by atoms with Crippen molar-refractivity contribution >= 4 is 34.5 Å². The molecule has 0 bridgehead atoms. The molecule has 0 saturated carbocycles. The van der Waals surface area contributed by atoms with E-state index in [1.165, 1.54) is 22.6 Å². The highest BCUT2D eigenvalue weighted by atomic mass is 32.2. The van der Waals surface area contributed by atoms with E-state index in [9.17, 15) is 14.4 Å². The number of H-pyrrole nitrogens is 1. The Kier molecular flexibility index (Phi) is 5.94. The predicted molar refractivity (Wildman–Crippen MR) is 133 cm³/mol. The Bertz CT molecular complexity index is 1470. The molecule has 34 heavy (non-hydrogen) atoms. The van der Waals surface area contributed by atoms with Gasteiger partial charge in [0.25, 0.3) is 11.5 Å². The van der Waals surface area contributed by atoms with Gasteiger partial charge in [-0.05, 0) is 71.0 Å². The third kappa shape index (κ3) is 4.61. The Hall–Kier alpha value is -3.84. The smallest absolute Gasteiger partial charge is 0.335 e. The normalized spacial score (nSPS) is 12.5. The number of thioether (sulfide) groups is 1. The first-order valence-electron chi connectivity index (χ1n) is 11.0. The van der Waals surface area contributed by atoms with Gasteiger partial charge < -0.3 is 15.4 Å². The van der Waals surface area contributed by atoms with Crippen LogP contribution in [-0.2, 0) is 19.4 Å². The predicted octanol–water partition coefficient (Wildman–Crippen LogP) is 4.40. The van der Waals surface area contributed by atoms with Crippen LogP contribution in [0.15, 0.2) is 76.4 Å².